The van der Waals surface area contributed by atoms with Crippen LogP contribution in [-0.4, -0.2) is 20.3 Å². The van der Waals surface area contributed by atoms with Crippen molar-refractivity contribution < 1.29 is 17.9 Å². The van der Waals surface area contributed by atoms with Gasteiger partial charge in [-0.15, -0.1) is 0 Å². The maximum atomic E-state index is 12.8. The second-order valence-corrected chi connectivity index (χ2v) is 11.1. The maximum Gasteiger partial charge on any atom is 0.264 e. The Balaban J connectivity index is 0.00000210. The summed E-state index contributed by atoms with van der Waals surface area (Å²) in [6, 6.07) is 20.1. The third-order valence-electron chi connectivity index (χ3n) is 5.64. The fourth-order valence-corrected chi connectivity index (χ4v) is 4.46. The summed E-state index contributed by atoms with van der Waals surface area (Å²) in [5.41, 5.74) is 4.20. The van der Waals surface area contributed by atoms with Gasteiger partial charge in [-0.3, -0.25) is 4.79 Å². The van der Waals surface area contributed by atoms with Crippen LogP contribution in [0.2, 0.25) is 0 Å². The number of hydrogen-bond donors (Lipinski definition) is 0. The van der Waals surface area contributed by atoms with Gasteiger partial charge in [0, 0.05) is 21.8 Å². The summed E-state index contributed by atoms with van der Waals surface area (Å²) in [5, 5.41) is 0. The molecule has 6 heteroatoms. The highest BCUT2D eigenvalue weighted by Crippen LogP contribution is 2.30. The average Bonchev–Trinajstić information content (AvgIpc) is 2.85. The van der Waals surface area contributed by atoms with E-state index in [1.807, 2.05) is 70.2 Å². The van der Waals surface area contributed by atoms with Crippen molar-refractivity contribution in [2.75, 3.05) is 0 Å². The summed E-state index contributed by atoms with van der Waals surface area (Å²) in [4.78, 5) is 12.8. The molecular formula is C29H35ClO4S. The number of halogens is 1. The van der Waals surface area contributed by atoms with Gasteiger partial charge in [0.05, 0.1) is 6.10 Å². The molecule has 4 nitrogen and oxygen atoms in total. The fraction of sp³-hybridized carbons (Fsp3) is 0.345. The lowest BCUT2D eigenvalue weighted by Crippen LogP contribution is -2.12. The summed E-state index contributed by atoms with van der Waals surface area (Å²) >= 11 is 0. The van der Waals surface area contributed by atoms with Crippen molar-refractivity contribution in [1.82, 2.24) is 0 Å². The van der Waals surface area contributed by atoms with Crippen LogP contribution in [0.4, 0.5) is 0 Å². The van der Waals surface area contributed by atoms with E-state index in [1.165, 1.54) is 5.56 Å². The minimum atomic E-state index is -3.96. The number of rotatable bonds is 9. The molecule has 0 bridgehead atoms. The molecule has 0 heterocycles. The van der Waals surface area contributed by atoms with Gasteiger partial charge >= 0.3 is 0 Å². The lowest BCUT2D eigenvalue weighted by molar-refractivity contribution is 0.103. The van der Waals surface area contributed by atoms with E-state index in [0.717, 1.165) is 17.5 Å². The average molecular weight is 515 g/mol. The van der Waals surface area contributed by atoms with Gasteiger partial charge in [0.15, 0.2) is 5.78 Å². The summed E-state index contributed by atoms with van der Waals surface area (Å²) in [7, 11) is 1.70. The van der Waals surface area contributed by atoms with E-state index in [-0.39, 0.29) is 22.5 Å². The molecule has 1 unspecified atom stereocenters. The van der Waals surface area contributed by atoms with Gasteiger partial charge in [-0.1, -0.05) is 89.2 Å². The standard InChI is InChI=1S/C27H29ClO4S.C2H6/c1-5-19(4)32-25-15-8-21(17-26(25)33(28,30)31)16-20-6-9-23(10-7-20)27(29)24-13-11-22(12-14-24)18(2)3;1-2/h6-15,17-19H,5,16H2,1-4H3;1-2H3. The van der Waals surface area contributed by atoms with Gasteiger partial charge in [-0.25, -0.2) is 8.42 Å². The topological polar surface area (TPSA) is 60.4 Å². The van der Waals surface area contributed by atoms with E-state index in [0.29, 0.717) is 23.5 Å². The molecule has 1 atom stereocenters. The van der Waals surface area contributed by atoms with Crippen LogP contribution >= 0.6 is 10.7 Å². The highest BCUT2D eigenvalue weighted by atomic mass is 35.7. The molecule has 0 aliphatic carbocycles. The monoisotopic (exact) mass is 514 g/mol. The molecule has 0 aliphatic heterocycles. The smallest absolute Gasteiger partial charge is 0.264 e. The summed E-state index contributed by atoms with van der Waals surface area (Å²) < 4.78 is 29.9. The Morgan fingerprint density at radius 2 is 1.37 bits per heavy atom. The maximum absolute atomic E-state index is 12.8. The predicted octanol–water partition coefficient (Wildman–Crippen LogP) is 7.76. The highest BCUT2D eigenvalue weighted by Gasteiger charge is 2.19. The van der Waals surface area contributed by atoms with Crippen molar-refractivity contribution in [1.29, 1.82) is 0 Å². The van der Waals surface area contributed by atoms with Crippen LogP contribution in [-0.2, 0) is 15.5 Å². The first-order valence-corrected chi connectivity index (χ1v) is 14.4. The molecule has 3 aromatic carbocycles. The second kappa shape index (κ2) is 12.9. The Labute approximate surface area is 214 Å². The molecule has 0 amide bonds. The van der Waals surface area contributed by atoms with E-state index >= 15 is 0 Å². The minimum absolute atomic E-state index is 0.0288. The van der Waals surface area contributed by atoms with Gasteiger partial charge in [-0.2, -0.15) is 0 Å². The van der Waals surface area contributed by atoms with Gasteiger partial charge in [0.2, 0.25) is 0 Å². The minimum Gasteiger partial charge on any atom is -0.489 e. The highest BCUT2D eigenvalue weighted by molar-refractivity contribution is 8.13. The fourth-order valence-electron chi connectivity index (χ4n) is 3.45. The Morgan fingerprint density at radius 3 is 1.86 bits per heavy atom. The largest absolute Gasteiger partial charge is 0.489 e. The van der Waals surface area contributed by atoms with Crippen molar-refractivity contribution in [2.45, 2.75) is 71.3 Å². The summed E-state index contributed by atoms with van der Waals surface area (Å²) in [6.07, 6.45) is 1.12. The number of hydrogen-bond acceptors (Lipinski definition) is 4. The first kappa shape index (κ1) is 28.6. The van der Waals surface area contributed by atoms with E-state index < -0.39 is 9.05 Å². The predicted molar refractivity (Wildman–Crippen MR) is 144 cm³/mol. The number of ether oxygens (including phenoxy) is 1. The summed E-state index contributed by atoms with van der Waals surface area (Å²) in [5.74, 6) is 0.643. The third-order valence-corrected chi connectivity index (χ3v) is 6.98. The normalized spacial score (nSPS) is 12.0. The number of carbonyl (C=O) groups excluding carboxylic acids is 1. The van der Waals surface area contributed by atoms with Crippen molar-refractivity contribution in [3.63, 3.8) is 0 Å². The number of ketones is 1. The van der Waals surface area contributed by atoms with Crippen LogP contribution in [0.3, 0.4) is 0 Å². The molecule has 0 saturated heterocycles. The molecule has 0 aliphatic rings. The molecule has 0 spiro atoms. The molecule has 188 valence electrons. The molecule has 3 rings (SSSR count). The Morgan fingerprint density at radius 1 is 0.857 bits per heavy atom. The Bertz CT molecular complexity index is 1210. The molecule has 0 N–H and O–H groups in total. The van der Waals surface area contributed by atoms with E-state index in [4.69, 9.17) is 15.4 Å². The zero-order chi connectivity index (χ0) is 26.2. The molecule has 0 saturated carbocycles. The first-order chi connectivity index (χ1) is 16.6. The van der Waals surface area contributed by atoms with E-state index in [2.05, 4.69) is 13.8 Å². The molecule has 35 heavy (non-hydrogen) atoms. The lowest BCUT2D eigenvalue weighted by atomic mass is 9.97. The number of carbonyl (C=O) groups is 1. The third kappa shape index (κ3) is 7.94. The molecular weight excluding hydrogens is 480 g/mol. The first-order valence-electron chi connectivity index (χ1n) is 12.1. The molecule has 0 fully saturated rings. The van der Waals surface area contributed by atoms with Crippen molar-refractivity contribution in [3.8, 4) is 5.75 Å². The Kier molecular flexibility index (Phi) is 10.5. The number of benzene rings is 3. The SMILES string of the molecule is CC.CCC(C)Oc1ccc(Cc2ccc(C(=O)c3ccc(C(C)C)cc3)cc2)cc1S(=O)(=O)Cl. The molecule has 0 radical (unpaired) electrons. The van der Waals surface area contributed by atoms with Crippen LogP contribution in [0.5, 0.6) is 5.75 Å². The van der Waals surface area contributed by atoms with Crippen LogP contribution < -0.4 is 4.74 Å². The van der Waals surface area contributed by atoms with Gasteiger partial charge < -0.3 is 4.74 Å². The zero-order valence-corrected chi connectivity index (χ0v) is 22.9. The molecule has 0 aromatic heterocycles. The van der Waals surface area contributed by atoms with Crippen molar-refractivity contribution in [2.24, 2.45) is 0 Å². The van der Waals surface area contributed by atoms with E-state index in [1.54, 1.807) is 24.3 Å². The van der Waals surface area contributed by atoms with Crippen molar-refractivity contribution in [3.05, 3.63) is 94.5 Å². The zero-order valence-electron chi connectivity index (χ0n) is 21.3. The van der Waals surface area contributed by atoms with Crippen molar-refractivity contribution >= 4 is 25.5 Å². The molecule has 3 aromatic rings. The summed E-state index contributed by atoms with van der Waals surface area (Å²) in [6.45, 7) is 12.1. The Hall–Kier alpha value is -2.63. The van der Waals surface area contributed by atoms with Crippen LogP contribution in [0, 0.1) is 0 Å². The lowest BCUT2D eigenvalue weighted by Gasteiger charge is -2.16. The second-order valence-electron chi connectivity index (χ2n) is 8.54. The van der Waals surface area contributed by atoms with Crippen LogP contribution in [0.1, 0.15) is 86.5 Å². The van der Waals surface area contributed by atoms with Gasteiger partial charge in [0.25, 0.3) is 9.05 Å². The van der Waals surface area contributed by atoms with Crippen LogP contribution in [0.15, 0.2) is 71.6 Å². The van der Waals surface area contributed by atoms with E-state index in [9.17, 15) is 13.2 Å². The quantitative estimate of drug-likeness (QED) is 0.216. The van der Waals surface area contributed by atoms with Crippen LogP contribution in [0.25, 0.3) is 0 Å². The van der Waals surface area contributed by atoms with Gasteiger partial charge in [-0.05, 0) is 54.5 Å². The van der Waals surface area contributed by atoms with Gasteiger partial charge in [0.1, 0.15) is 10.6 Å².